The van der Waals surface area contributed by atoms with Crippen molar-refractivity contribution in [2.45, 2.75) is 32.2 Å². The number of carbonyl (C=O) groups excluding carboxylic acids is 1. The molecule has 1 saturated heterocycles. The number of nitrogens with zero attached hydrogens (tertiary/aromatic N) is 3. The Labute approximate surface area is 192 Å². The molecule has 0 saturated carbocycles. The number of ether oxygens (including phenoxy) is 1. The van der Waals surface area contributed by atoms with Gasteiger partial charge in [0.15, 0.2) is 0 Å². The van der Waals surface area contributed by atoms with Gasteiger partial charge in [0.1, 0.15) is 16.5 Å². The third-order valence-corrected chi connectivity index (χ3v) is 7.25. The zero-order chi connectivity index (χ0) is 21.8. The smallest absolute Gasteiger partial charge is 0.251 e. The predicted molar refractivity (Wildman–Crippen MR) is 127 cm³/mol. The van der Waals surface area contributed by atoms with Crippen molar-refractivity contribution in [1.82, 2.24) is 20.2 Å². The van der Waals surface area contributed by atoms with Crippen molar-refractivity contribution in [2.75, 3.05) is 44.7 Å². The summed E-state index contributed by atoms with van der Waals surface area (Å²) in [5.74, 6) is 1.71. The molecule has 3 aromatic rings. The molecule has 3 heterocycles. The summed E-state index contributed by atoms with van der Waals surface area (Å²) in [7, 11) is 0. The number of aromatic nitrogens is 2. The number of anilines is 1. The van der Waals surface area contributed by atoms with Gasteiger partial charge in [-0.3, -0.25) is 9.69 Å². The molecule has 32 heavy (non-hydrogen) atoms. The van der Waals surface area contributed by atoms with Crippen molar-refractivity contribution < 1.29 is 9.53 Å². The number of nitrogens with one attached hydrogen (secondary N) is 2. The number of fused-ring (bicyclic) bond motifs is 3. The van der Waals surface area contributed by atoms with E-state index in [0.717, 1.165) is 62.2 Å². The van der Waals surface area contributed by atoms with Gasteiger partial charge in [-0.25, -0.2) is 9.97 Å². The van der Waals surface area contributed by atoms with Gasteiger partial charge in [-0.05, 0) is 43.4 Å². The summed E-state index contributed by atoms with van der Waals surface area (Å²) < 4.78 is 5.48. The number of rotatable bonds is 7. The minimum atomic E-state index is -0.0545. The lowest BCUT2D eigenvalue weighted by Crippen LogP contribution is -2.36. The number of thiophene rings is 1. The molecule has 1 aromatic carbocycles. The van der Waals surface area contributed by atoms with Crippen LogP contribution in [0.5, 0.6) is 0 Å². The van der Waals surface area contributed by atoms with E-state index in [4.69, 9.17) is 14.7 Å². The lowest BCUT2D eigenvalue weighted by molar-refractivity contribution is 0.0331. The maximum atomic E-state index is 12.3. The molecule has 0 radical (unpaired) electrons. The number of hydrogen-bond donors (Lipinski definition) is 2. The average molecular weight is 452 g/mol. The number of hydrogen-bond acceptors (Lipinski definition) is 7. The maximum Gasteiger partial charge on any atom is 0.251 e. The van der Waals surface area contributed by atoms with Crippen LogP contribution in [0.2, 0.25) is 0 Å². The van der Waals surface area contributed by atoms with Crippen LogP contribution in [0.25, 0.3) is 10.2 Å². The molecule has 0 bridgehead atoms. The molecule has 0 atom stereocenters. The Morgan fingerprint density at radius 3 is 2.72 bits per heavy atom. The molecule has 5 rings (SSSR count). The summed E-state index contributed by atoms with van der Waals surface area (Å²) in [5.41, 5.74) is 2.10. The Bertz CT molecular complexity index is 1080. The molecule has 8 heteroatoms. The topological polar surface area (TPSA) is 79.4 Å². The summed E-state index contributed by atoms with van der Waals surface area (Å²) in [6.45, 7) is 5.24. The standard InChI is InChI=1S/C24H29N5O2S/c30-23(17-6-2-1-3-7-17)26-11-10-25-22-21-18-8-4-5-9-19(18)32-24(21)28-20(27-22)16-29-12-14-31-15-13-29/h1-3,6-7H,4-5,8-16H2,(H,26,30)(H,25,27,28). The minimum Gasteiger partial charge on any atom is -0.379 e. The maximum absolute atomic E-state index is 12.3. The fourth-order valence-corrected chi connectivity index (χ4v) is 5.69. The van der Waals surface area contributed by atoms with Crippen molar-refractivity contribution in [2.24, 2.45) is 0 Å². The molecule has 2 N–H and O–H groups in total. The molecular weight excluding hydrogens is 422 g/mol. The molecule has 7 nitrogen and oxygen atoms in total. The molecule has 1 amide bonds. The highest BCUT2D eigenvalue weighted by molar-refractivity contribution is 7.19. The number of benzene rings is 1. The van der Waals surface area contributed by atoms with Crippen LogP contribution >= 0.6 is 11.3 Å². The quantitative estimate of drug-likeness (QED) is 0.537. The Balaban J connectivity index is 1.32. The van der Waals surface area contributed by atoms with E-state index in [-0.39, 0.29) is 5.91 Å². The predicted octanol–water partition coefficient (Wildman–Crippen LogP) is 3.24. The fraction of sp³-hybridized carbons (Fsp3) is 0.458. The number of aryl methyl sites for hydroxylation is 2. The Kier molecular flexibility index (Phi) is 6.61. The Hall–Kier alpha value is -2.55. The van der Waals surface area contributed by atoms with Crippen LogP contribution in [0.1, 0.15) is 39.5 Å². The Morgan fingerprint density at radius 2 is 1.88 bits per heavy atom. The number of amides is 1. The number of carbonyl (C=O) groups is 1. The van der Waals surface area contributed by atoms with Crippen molar-refractivity contribution in [1.29, 1.82) is 0 Å². The minimum absolute atomic E-state index is 0.0545. The fourth-order valence-electron chi connectivity index (χ4n) is 4.41. The molecule has 0 spiro atoms. The zero-order valence-electron chi connectivity index (χ0n) is 18.2. The monoisotopic (exact) mass is 451 g/mol. The van der Waals surface area contributed by atoms with Crippen LogP contribution in [0.3, 0.4) is 0 Å². The molecular formula is C24H29N5O2S. The summed E-state index contributed by atoms with van der Waals surface area (Å²) in [4.78, 5) is 27.1. The zero-order valence-corrected chi connectivity index (χ0v) is 19.0. The summed E-state index contributed by atoms with van der Waals surface area (Å²) in [5, 5.41) is 7.68. The second kappa shape index (κ2) is 9.94. The van der Waals surface area contributed by atoms with E-state index in [9.17, 15) is 4.79 Å². The van der Waals surface area contributed by atoms with Gasteiger partial charge in [0.25, 0.3) is 5.91 Å². The van der Waals surface area contributed by atoms with Gasteiger partial charge < -0.3 is 15.4 Å². The summed E-state index contributed by atoms with van der Waals surface area (Å²) in [6.07, 6.45) is 4.71. The van der Waals surface area contributed by atoms with Crippen LogP contribution in [0.15, 0.2) is 30.3 Å². The van der Waals surface area contributed by atoms with E-state index in [1.807, 2.05) is 41.7 Å². The van der Waals surface area contributed by atoms with E-state index in [2.05, 4.69) is 15.5 Å². The van der Waals surface area contributed by atoms with Crippen LogP contribution in [-0.2, 0) is 24.1 Å². The molecule has 1 fully saturated rings. The van der Waals surface area contributed by atoms with Gasteiger partial charge in [-0.2, -0.15) is 0 Å². The van der Waals surface area contributed by atoms with E-state index >= 15 is 0 Å². The number of morpholine rings is 1. The van der Waals surface area contributed by atoms with E-state index < -0.39 is 0 Å². The lowest BCUT2D eigenvalue weighted by atomic mass is 9.97. The largest absolute Gasteiger partial charge is 0.379 e. The normalized spacial score (nSPS) is 16.6. The van der Waals surface area contributed by atoms with Gasteiger partial charge in [0.2, 0.25) is 0 Å². The van der Waals surface area contributed by atoms with Crippen molar-refractivity contribution in [3.05, 3.63) is 52.2 Å². The van der Waals surface area contributed by atoms with E-state index in [0.29, 0.717) is 18.7 Å². The van der Waals surface area contributed by atoms with Crippen molar-refractivity contribution >= 4 is 33.3 Å². The Morgan fingerprint density at radius 1 is 1.06 bits per heavy atom. The van der Waals surface area contributed by atoms with Gasteiger partial charge in [0.05, 0.1) is 25.1 Å². The lowest BCUT2D eigenvalue weighted by Gasteiger charge is -2.25. The first kappa shape index (κ1) is 21.3. The van der Waals surface area contributed by atoms with Gasteiger partial charge in [0, 0.05) is 36.6 Å². The molecule has 1 aliphatic carbocycles. The van der Waals surface area contributed by atoms with Gasteiger partial charge >= 0.3 is 0 Å². The van der Waals surface area contributed by atoms with Crippen LogP contribution in [0, 0.1) is 0 Å². The molecule has 2 aromatic heterocycles. The second-order valence-corrected chi connectivity index (χ2v) is 9.40. The first-order valence-corrected chi connectivity index (χ1v) is 12.3. The van der Waals surface area contributed by atoms with Crippen molar-refractivity contribution in [3.8, 4) is 0 Å². The van der Waals surface area contributed by atoms with Gasteiger partial charge in [-0.1, -0.05) is 18.2 Å². The van der Waals surface area contributed by atoms with Gasteiger partial charge in [-0.15, -0.1) is 11.3 Å². The first-order valence-electron chi connectivity index (χ1n) is 11.5. The summed E-state index contributed by atoms with van der Waals surface area (Å²) >= 11 is 1.83. The highest BCUT2D eigenvalue weighted by Gasteiger charge is 2.22. The first-order chi connectivity index (χ1) is 15.8. The molecule has 1 aliphatic heterocycles. The SMILES string of the molecule is O=C(NCCNc1nc(CN2CCOCC2)nc2sc3c(c12)CCCC3)c1ccccc1. The van der Waals surface area contributed by atoms with Crippen molar-refractivity contribution in [3.63, 3.8) is 0 Å². The van der Waals surface area contributed by atoms with Crippen LogP contribution < -0.4 is 10.6 Å². The molecule has 168 valence electrons. The third kappa shape index (κ3) is 4.77. The average Bonchev–Trinajstić information content (AvgIpc) is 3.21. The molecule has 2 aliphatic rings. The van der Waals surface area contributed by atoms with Crippen LogP contribution in [-0.4, -0.2) is 60.2 Å². The van der Waals surface area contributed by atoms with E-state index in [1.54, 1.807) is 0 Å². The third-order valence-electron chi connectivity index (χ3n) is 6.07. The highest BCUT2D eigenvalue weighted by Crippen LogP contribution is 2.38. The molecule has 0 unspecified atom stereocenters. The van der Waals surface area contributed by atoms with Crippen LogP contribution in [0.4, 0.5) is 5.82 Å². The summed E-state index contributed by atoms with van der Waals surface area (Å²) in [6, 6.07) is 9.31. The highest BCUT2D eigenvalue weighted by atomic mass is 32.1. The van der Waals surface area contributed by atoms with E-state index in [1.165, 1.54) is 28.7 Å². The second-order valence-electron chi connectivity index (χ2n) is 8.32.